The lowest BCUT2D eigenvalue weighted by Gasteiger charge is -2.32. The maximum atomic E-state index is 14.2. The maximum Gasteiger partial charge on any atom is 0.381 e. The summed E-state index contributed by atoms with van der Waals surface area (Å²) in [5, 5.41) is 10.3. The molecule has 0 fully saturated rings. The number of carbonyl (C=O) groups excluding carboxylic acids is 1. The lowest BCUT2D eigenvalue weighted by molar-refractivity contribution is -0.162. The van der Waals surface area contributed by atoms with Crippen molar-refractivity contribution in [3.05, 3.63) is 34.0 Å². The highest BCUT2D eigenvalue weighted by Crippen LogP contribution is 2.37. The Kier molecular flexibility index (Phi) is 3.39. The second-order valence-corrected chi connectivity index (χ2v) is 4.84. The zero-order chi connectivity index (χ0) is 15.9. The van der Waals surface area contributed by atoms with Gasteiger partial charge < -0.3 is 4.84 Å². The third-order valence-corrected chi connectivity index (χ3v) is 3.56. The minimum Gasteiger partial charge on any atom is -0.376 e. The minimum atomic E-state index is -0.686. The van der Waals surface area contributed by atoms with Crippen molar-refractivity contribution in [1.82, 2.24) is 25.3 Å². The molecule has 22 heavy (non-hydrogen) atoms. The van der Waals surface area contributed by atoms with Crippen molar-refractivity contribution in [2.45, 2.75) is 26.2 Å². The molecule has 2 aromatic rings. The van der Waals surface area contributed by atoms with E-state index >= 15 is 0 Å². The maximum absolute atomic E-state index is 14.2. The van der Waals surface area contributed by atoms with Gasteiger partial charge in [0.25, 0.3) is 5.91 Å². The summed E-state index contributed by atoms with van der Waals surface area (Å²) in [6.45, 7) is 4.01. The monoisotopic (exact) mass is 307 g/mol. The molecule has 0 saturated carbocycles. The zero-order valence-corrected chi connectivity index (χ0v) is 12.0. The number of benzene rings is 1. The number of tetrazole rings is 1. The number of aromatic nitrogens is 4. The van der Waals surface area contributed by atoms with Crippen LogP contribution in [0.5, 0.6) is 5.75 Å². The second kappa shape index (κ2) is 5.24. The van der Waals surface area contributed by atoms with Gasteiger partial charge in [0, 0.05) is 11.6 Å². The third kappa shape index (κ3) is 2.14. The quantitative estimate of drug-likeness (QED) is 0.903. The van der Waals surface area contributed by atoms with Gasteiger partial charge >= 0.3 is 5.69 Å². The van der Waals surface area contributed by atoms with Crippen molar-refractivity contribution >= 4 is 5.91 Å². The minimum absolute atomic E-state index is 0.00754. The number of nitrogens with one attached hydrogen (secondary N) is 1. The number of likely N-dealkylation sites (N-methyl/N-ethyl adjacent to an activating group) is 1. The Morgan fingerprint density at radius 2 is 2.14 bits per heavy atom. The van der Waals surface area contributed by atoms with E-state index in [0.29, 0.717) is 18.5 Å². The summed E-state index contributed by atoms with van der Waals surface area (Å²) in [5.74, 6) is -0.961. The Labute approximate surface area is 124 Å². The molecule has 3 rings (SSSR count). The molecule has 0 spiro atoms. The van der Waals surface area contributed by atoms with E-state index in [0.717, 1.165) is 4.80 Å². The lowest BCUT2D eigenvalue weighted by atomic mass is 9.93. The third-order valence-electron chi connectivity index (χ3n) is 3.56. The first-order valence-electron chi connectivity index (χ1n) is 6.90. The molecule has 9 heteroatoms. The Balaban J connectivity index is 2.14. The zero-order valence-electron chi connectivity index (χ0n) is 12.0. The molecule has 1 amide bonds. The first kappa shape index (κ1) is 14.2. The van der Waals surface area contributed by atoms with E-state index in [9.17, 15) is 14.0 Å². The molecule has 1 N–H and O–H groups in total. The SMILES string of the molecule is CCC1C(=O)N(CC)Oc2cc(F)c(-n3nnc(=O)[nH]3)cc21. The van der Waals surface area contributed by atoms with Crippen LogP contribution in [0.25, 0.3) is 5.69 Å². The summed E-state index contributed by atoms with van der Waals surface area (Å²) in [6.07, 6.45) is 0.546. The normalized spacial score (nSPS) is 17.3. The second-order valence-electron chi connectivity index (χ2n) is 4.84. The van der Waals surface area contributed by atoms with Gasteiger partial charge in [-0.15, -0.1) is 4.80 Å². The molecule has 116 valence electrons. The van der Waals surface area contributed by atoms with Crippen LogP contribution in [0.2, 0.25) is 0 Å². The summed E-state index contributed by atoms with van der Waals surface area (Å²) < 4.78 is 14.2. The van der Waals surface area contributed by atoms with Gasteiger partial charge in [-0.05, 0) is 24.6 Å². The molecule has 1 atom stereocenters. The first-order valence-corrected chi connectivity index (χ1v) is 6.90. The van der Waals surface area contributed by atoms with Gasteiger partial charge in [0.05, 0.1) is 12.5 Å². The summed E-state index contributed by atoms with van der Waals surface area (Å²) in [4.78, 5) is 29.7. The Bertz CT molecular complexity index is 784. The van der Waals surface area contributed by atoms with Crippen LogP contribution in [0.15, 0.2) is 16.9 Å². The van der Waals surface area contributed by atoms with Crippen LogP contribution in [0.1, 0.15) is 31.7 Å². The van der Waals surface area contributed by atoms with E-state index in [-0.39, 0.29) is 17.3 Å². The lowest BCUT2D eigenvalue weighted by Crippen LogP contribution is -2.41. The number of H-pyrrole nitrogens is 1. The molecule has 8 nitrogen and oxygen atoms in total. The summed E-state index contributed by atoms with van der Waals surface area (Å²) >= 11 is 0. The number of fused-ring (bicyclic) bond motifs is 1. The van der Waals surface area contributed by atoms with Crippen molar-refractivity contribution in [1.29, 1.82) is 0 Å². The smallest absolute Gasteiger partial charge is 0.376 e. The van der Waals surface area contributed by atoms with E-state index in [1.807, 2.05) is 6.92 Å². The summed E-state index contributed by atoms with van der Waals surface area (Å²) in [6, 6.07) is 2.64. The van der Waals surface area contributed by atoms with Crippen LogP contribution in [0.4, 0.5) is 4.39 Å². The number of aromatic amines is 1. The predicted octanol–water partition coefficient (Wildman–Crippen LogP) is 0.744. The Hall–Kier alpha value is -2.71. The number of hydrogen-bond acceptors (Lipinski definition) is 5. The van der Waals surface area contributed by atoms with E-state index in [4.69, 9.17) is 4.84 Å². The molecule has 1 aromatic carbocycles. The van der Waals surface area contributed by atoms with Gasteiger partial charge in [0.1, 0.15) is 5.69 Å². The molecule has 1 aliphatic rings. The van der Waals surface area contributed by atoms with Crippen molar-refractivity contribution in [3.8, 4) is 11.4 Å². The van der Waals surface area contributed by atoms with E-state index in [1.54, 1.807) is 6.92 Å². The number of nitrogens with zero attached hydrogens (tertiary/aromatic N) is 4. The van der Waals surface area contributed by atoms with Crippen LogP contribution < -0.4 is 10.5 Å². The fraction of sp³-hybridized carbons (Fsp3) is 0.385. The molecule has 0 radical (unpaired) electrons. The Morgan fingerprint density at radius 3 is 2.73 bits per heavy atom. The van der Waals surface area contributed by atoms with E-state index in [1.165, 1.54) is 17.2 Å². The highest BCUT2D eigenvalue weighted by molar-refractivity contribution is 5.85. The largest absolute Gasteiger partial charge is 0.381 e. The molecule has 1 aromatic heterocycles. The highest BCUT2D eigenvalue weighted by atomic mass is 19.1. The molecule has 2 heterocycles. The molecule has 0 aliphatic carbocycles. The van der Waals surface area contributed by atoms with E-state index in [2.05, 4.69) is 15.4 Å². The fourth-order valence-corrected chi connectivity index (χ4v) is 2.49. The van der Waals surface area contributed by atoms with Crippen LogP contribution >= 0.6 is 0 Å². The molecule has 0 saturated heterocycles. The Morgan fingerprint density at radius 1 is 1.36 bits per heavy atom. The first-order chi connectivity index (χ1) is 10.5. The van der Waals surface area contributed by atoms with Gasteiger partial charge in [-0.25, -0.2) is 14.3 Å². The van der Waals surface area contributed by atoms with Crippen LogP contribution in [0.3, 0.4) is 0 Å². The number of hydrogen-bond donors (Lipinski definition) is 1. The topological polar surface area (TPSA) is 93.1 Å². The summed E-state index contributed by atoms with van der Waals surface area (Å²) in [7, 11) is 0. The molecular weight excluding hydrogens is 293 g/mol. The standard InChI is InChI=1S/C13H14FN5O3/c1-3-7-8-5-10(19-16-13(21)15-17-19)9(14)6-11(8)22-18(4-2)12(7)20/h5-7H,3-4H2,1-2H3,(H,16,21). The van der Waals surface area contributed by atoms with Gasteiger partial charge in [-0.3, -0.25) is 4.79 Å². The van der Waals surface area contributed by atoms with Crippen molar-refractivity contribution in [2.75, 3.05) is 6.54 Å². The van der Waals surface area contributed by atoms with E-state index < -0.39 is 17.4 Å². The number of rotatable bonds is 3. The number of hydroxylamine groups is 2. The van der Waals surface area contributed by atoms with Crippen LogP contribution in [-0.2, 0) is 4.79 Å². The van der Waals surface area contributed by atoms with Gasteiger partial charge in [-0.2, -0.15) is 5.06 Å². The van der Waals surface area contributed by atoms with Crippen molar-refractivity contribution in [2.24, 2.45) is 0 Å². The van der Waals surface area contributed by atoms with Crippen molar-refractivity contribution < 1.29 is 14.0 Å². The van der Waals surface area contributed by atoms with Crippen LogP contribution in [-0.4, -0.2) is 37.7 Å². The molecule has 0 bridgehead atoms. The number of carbonyl (C=O) groups is 1. The van der Waals surface area contributed by atoms with Gasteiger partial charge in [-0.1, -0.05) is 12.0 Å². The number of amides is 1. The van der Waals surface area contributed by atoms with Crippen LogP contribution in [0, 0.1) is 5.82 Å². The predicted molar refractivity (Wildman–Crippen MR) is 73.0 cm³/mol. The number of halogens is 1. The molecule has 1 aliphatic heterocycles. The highest BCUT2D eigenvalue weighted by Gasteiger charge is 2.34. The average molecular weight is 307 g/mol. The summed E-state index contributed by atoms with van der Waals surface area (Å²) in [5.41, 5.74) is -0.119. The average Bonchev–Trinajstić information content (AvgIpc) is 2.92. The molecular formula is C13H14FN5O3. The van der Waals surface area contributed by atoms with Gasteiger partial charge in [0.2, 0.25) is 0 Å². The van der Waals surface area contributed by atoms with Crippen molar-refractivity contribution in [3.63, 3.8) is 0 Å². The molecule has 1 unspecified atom stereocenters. The fourth-order valence-electron chi connectivity index (χ4n) is 2.49. The van der Waals surface area contributed by atoms with Gasteiger partial charge in [0.15, 0.2) is 11.6 Å².